The number of nitrogens with one attached hydrogen (secondary N) is 4. The van der Waals surface area contributed by atoms with E-state index in [1.165, 1.54) is 44.9 Å². The number of rotatable bonds is 15. The molecule has 368 valence electrons. The van der Waals surface area contributed by atoms with Gasteiger partial charge in [-0.05, 0) is 59.9 Å². The molecular formula is C46H51FN12O9S2. The highest BCUT2D eigenvalue weighted by molar-refractivity contribution is 7.92. The Morgan fingerprint density at radius 3 is 2.44 bits per heavy atom. The number of likely N-dealkylation sites (tertiary alicyclic amines) is 1. The molecule has 2 aliphatic rings. The predicted octanol–water partition coefficient (Wildman–Crippen LogP) is 2.94. The van der Waals surface area contributed by atoms with Crippen molar-refractivity contribution in [1.82, 2.24) is 55.3 Å². The van der Waals surface area contributed by atoms with Crippen molar-refractivity contribution in [1.29, 1.82) is 0 Å². The monoisotopic (exact) mass is 998 g/mol. The maximum Gasteiger partial charge on any atom is 0.326 e. The highest BCUT2D eigenvalue weighted by Gasteiger charge is 2.45. The number of thiazole rings is 1. The molecule has 0 spiro atoms. The Balaban J connectivity index is 0.822. The third kappa shape index (κ3) is 10.5. The van der Waals surface area contributed by atoms with Crippen LogP contribution in [-0.4, -0.2) is 121 Å². The highest BCUT2D eigenvalue weighted by Crippen LogP contribution is 2.40. The van der Waals surface area contributed by atoms with E-state index < -0.39 is 87.3 Å². The second kappa shape index (κ2) is 19.6. The number of hydrogen-bond donors (Lipinski definition) is 6. The molecule has 5 amide bonds. The van der Waals surface area contributed by atoms with Gasteiger partial charge in [-0.3, -0.25) is 33.3 Å². The van der Waals surface area contributed by atoms with Crippen molar-refractivity contribution in [3.05, 3.63) is 95.4 Å². The molecule has 5 heterocycles. The SMILES string of the molecule is Cc1ncsc1-c1ccc([C@H](C)NC(=O)[C@@H]2C[C@@H](O)CN2C(=O)[C@@H](NC(=O)c2cn(CCCNC(=O)Cn3cc(-c4ccc5cc(O)c(N6CC(=O)NS6(=O)=O)c(F)c5c4)cn3)nn2)C(C)(C)C)cc1. The van der Waals surface area contributed by atoms with Crippen LogP contribution >= 0.6 is 11.3 Å². The molecule has 0 bridgehead atoms. The molecule has 2 saturated heterocycles. The minimum Gasteiger partial charge on any atom is -0.506 e. The lowest BCUT2D eigenvalue weighted by molar-refractivity contribution is -0.142. The summed E-state index contributed by atoms with van der Waals surface area (Å²) in [6, 6.07) is 11.2. The normalized spacial score (nSPS) is 17.6. The van der Waals surface area contributed by atoms with Gasteiger partial charge in [0.2, 0.25) is 17.7 Å². The van der Waals surface area contributed by atoms with Crippen molar-refractivity contribution in [2.45, 2.75) is 84.8 Å². The van der Waals surface area contributed by atoms with Gasteiger partial charge in [0.1, 0.15) is 36.6 Å². The Morgan fingerprint density at radius 1 is 1.01 bits per heavy atom. The maximum absolute atomic E-state index is 15.8. The van der Waals surface area contributed by atoms with Gasteiger partial charge in [-0.25, -0.2) is 18.4 Å². The molecule has 8 rings (SSSR count). The first-order valence-electron chi connectivity index (χ1n) is 22.2. The number of aliphatic hydroxyl groups excluding tert-OH is 1. The fourth-order valence-corrected chi connectivity index (χ4v) is 10.4. The summed E-state index contributed by atoms with van der Waals surface area (Å²) in [5.74, 6) is -4.55. The smallest absolute Gasteiger partial charge is 0.326 e. The maximum atomic E-state index is 15.8. The van der Waals surface area contributed by atoms with Gasteiger partial charge in [0, 0.05) is 43.2 Å². The number of halogens is 1. The molecule has 3 aromatic heterocycles. The largest absolute Gasteiger partial charge is 0.506 e. The van der Waals surface area contributed by atoms with Crippen LogP contribution in [0.25, 0.3) is 32.3 Å². The summed E-state index contributed by atoms with van der Waals surface area (Å²) in [6.45, 7) is 8.71. The van der Waals surface area contributed by atoms with Crippen LogP contribution in [-0.2, 0) is 42.5 Å². The molecule has 0 unspecified atom stereocenters. The summed E-state index contributed by atoms with van der Waals surface area (Å²) < 4.78 is 45.6. The Hall–Kier alpha value is -7.31. The van der Waals surface area contributed by atoms with Crippen molar-refractivity contribution >= 4 is 67.5 Å². The summed E-state index contributed by atoms with van der Waals surface area (Å²) in [4.78, 5) is 72.7. The number of amides is 5. The van der Waals surface area contributed by atoms with E-state index in [9.17, 15) is 42.6 Å². The van der Waals surface area contributed by atoms with Crippen LogP contribution in [0.4, 0.5) is 10.1 Å². The second-order valence-corrected chi connectivity index (χ2v) is 20.8. The van der Waals surface area contributed by atoms with Crippen molar-refractivity contribution in [2.24, 2.45) is 5.41 Å². The highest BCUT2D eigenvalue weighted by atomic mass is 32.2. The van der Waals surface area contributed by atoms with E-state index in [0.29, 0.717) is 21.9 Å². The molecule has 3 aromatic carbocycles. The van der Waals surface area contributed by atoms with Crippen LogP contribution in [0.5, 0.6) is 5.75 Å². The number of aliphatic hydroxyl groups is 1. The van der Waals surface area contributed by atoms with Crippen molar-refractivity contribution in [2.75, 3.05) is 23.9 Å². The fraction of sp³-hybridized carbons (Fsp3) is 0.370. The Kier molecular flexibility index (Phi) is 13.7. The lowest BCUT2D eigenvalue weighted by Crippen LogP contribution is -2.57. The molecule has 0 aliphatic carbocycles. The van der Waals surface area contributed by atoms with Gasteiger partial charge in [0.05, 0.1) is 40.6 Å². The minimum atomic E-state index is -4.39. The van der Waals surface area contributed by atoms with Gasteiger partial charge in [-0.2, -0.15) is 13.5 Å². The van der Waals surface area contributed by atoms with Crippen LogP contribution in [0.2, 0.25) is 0 Å². The number of carbonyl (C=O) groups excluding carboxylic acids is 5. The van der Waals surface area contributed by atoms with E-state index in [-0.39, 0.29) is 55.0 Å². The number of hydrogen-bond acceptors (Lipinski definition) is 14. The third-order valence-corrected chi connectivity index (χ3v) is 14.4. The van der Waals surface area contributed by atoms with Crippen molar-refractivity contribution in [3.8, 4) is 27.3 Å². The predicted molar refractivity (Wildman–Crippen MR) is 255 cm³/mol. The van der Waals surface area contributed by atoms with E-state index in [0.717, 1.165) is 21.7 Å². The first kappa shape index (κ1) is 49.1. The number of β-amino-alcohol motifs (C(OH)–C–C–N with tert-alkyl or cyclic N) is 1. The Bertz CT molecular complexity index is 3110. The first-order valence-corrected chi connectivity index (χ1v) is 24.6. The van der Waals surface area contributed by atoms with E-state index in [1.54, 1.807) is 54.6 Å². The van der Waals surface area contributed by atoms with Gasteiger partial charge >= 0.3 is 10.2 Å². The van der Waals surface area contributed by atoms with Crippen molar-refractivity contribution < 1.29 is 47.0 Å². The number of phenols is 1. The fourth-order valence-electron chi connectivity index (χ4n) is 8.39. The lowest BCUT2D eigenvalue weighted by Gasteiger charge is -2.35. The minimum absolute atomic E-state index is 0.0166. The summed E-state index contributed by atoms with van der Waals surface area (Å²) in [5, 5.41) is 42.3. The molecular weight excluding hydrogens is 948 g/mol. The van der Waals surface area contributed by atoms with Gasteiger partial charge < -0.3 is 31.1 Å². The molecule has 6 N–H and O–H groups in total. The number of aromatic hydroxyl groups is 1. The zero-order valence-electron chi connectivity index (χ0n) is 38.7. The molecule has 0 saturated carbocycles. The quantitative estimate of drug-likeness (QED) is 0.0809. The number of carbonyl (C=O) groups is 5. The molecule has 0 radical (unpaired) electrons. The Labute approximate surface area is 405 Å². The molecule has 4 atom stereocenters. The van der Waals surface area contributed by atoms with Crippen LogP contribution < -0.4 is 25.0 Å². The zero-order valence-corrected chi connectivity index (χ0v) is 40.3. The van der Waals surface area contributed by atoms with Crippen LogP contribution in [0.15, 0.2) is 72.6 Å². The van der Waals surface area contributed by atoms with Gasteiger partial charge in [-0.15, -0.1) is 16.4 Å². The zero-order chi connectivity index (χ0) is 50.2. The van der Waals surface area contributed by atoms with E-state index in [2.05, 4.69) is 36.3 Å². The number of aryl methyl sites for hydroxylation is 2. The third-order valence-electron chi connectivity index (χ3n) is 12.1. The van der Waals surface area contributed by atoms with E-state index >= 15 is 4.39 Å². The molecule has 2 aliphatic heterocycles. The van der Waals surface area contributed by atoms with Crippen LogP contribution in [0.3, 0.4) is 0 Å². The Morgan fingerprint density at radius 2 is 1.76 bits per heavy atom. The number of fused-ring (bicyclic) bond motifs is 1. The van der Waals surface area contributed by atoms with E-state index in [4.69, 9.17) is 0 Å². The number of nitrogens with zero attached hydrogens (tertiary/aromatic N) is 8. The molecule has 21 nitrogen and oxygen atoms in total. The summed E-state index contributed by atoms with van der Waals surface area (Å²) >= 11 is 1.55. The number of benzene rings is 3. The summed E-state index contributed by atoms with van der Waals surface area (Å²) in [5.41, 5.74) is 4.09. The molecule has 24 heteroatoms. The van der Waals surface area contributed by atoms with Gasteiger partial charge in [0.15, 0.2) is 11.5 Å². The van der Waals surface area contributed by atoms with Crippen molar-refractivity contribution in [3.63, 3.8) is 0 Å². The number of anilines is 1. The molecule has 70 heavy (non-hydrogen) atoms. The molecule has 2 fully saturated rings. The van der Waals surface area contributed by atoms with E-state index in [1.807, 2.05) is 38.1 Å². The number of phenolic OH excluding ortho intramolecular Hbond substituents is 1. The van der Waals surface area contributed by atoms with Crippen LogP contribution in [0.1, 0.15) is 68.3 Å². The standard InChI is InChI=1S/C46H51FN12O9S2/c1-25(27-7-9-28(10-8-27)41-26(2)49-24-69-41)51-44(65)35-17-32(60)20-58(35)45(66)42(46(3,4)5)52-43(64)34-21-56(55-53-34)14-6-13-48-37(62)22-57-19-31(18-50-57)29-11-12-30-16-36(61)40(39(47)33(30)15-29)59-23-38(63)54-70(59,67)68/h7-12,15-16,18-19,21,24-25,32,35,42,60-61H,6,13-14,17,20,22-23H2,1-5H3,(H,48,62)(H,51,65)(H,52,64)(H,54,63)/t25-,32+,35-,42+/m0/s1. The first-order chi connectivity index (χ1) is 33.2. The summed E-state index contributed by atoms with van der Waals surface area (Å²) in [7, 11) is -4.39. The topological polar surface area (TPSA) is 276 Å². The summed E-state index contributed by atoms with van der Waals surface area (Å²) in [6.07, 6.45) is 3.96. The second-order valence-electron chi connectivity index (χ2n) is 18.3. The molecule has 6 aromatic rings. The van der Waals surface area contributed by atoms with Gasteiger partial charge in [-0.1, -0.05) is 62.4 Å². The van der Waals surface area contributed by atoms with Crippen LogP contribution in [0, 0.1) is 18.2 Å². The lowest BCUT2D eigenvalue weighted by atomic mass is 9.85. The average molecular weight is 999 g/mol. The van der Waals surface area contributed by atoms with Gasteiger partial charge in [0.25, 0.3) is 11.8 Å². The number of aromatic nitrogens is 6. The average Bonchev–Trinajstić information content (AvgIpc) is 4.16.